The van der Waals surface area contributed by atoms with Crippen molar-refractivity contribution in [2.45, 2.75) is 12.1 Å². The maximum Gasteiger partial charge on any atom is 0.134 e. The van der Waals surface area contributed by atoms with Crippen LogP contribution in [0.4, 0.5) is 0 Å². The lowest BCUT2D eigenvalue weighted by molar-refractivity contribution is -0.0646. The van der Waals surface area contributed by atoms with Crippen molar-refractivity contribution in [3.05, 3.63) is 59.1 Å². The Labute approximate surface area is 183 Å². The smallest absolute Gasteiger partial charge is 0.134 e. The van der Waals surface area contributed by atoms with Gasteiger partial charge in [-0.25, -0.2) is 0 Å². The highest BCUT2D eigenvalue weighted by Gasteiger charge is 2.33. The fraction of sp³-hybridized carbons (Fsp3) is 0.478. The molecule has 0 bridgehead atoms. The van der Waals surface area contributed by atoms with E-state index >= 15 is 0 Å². The summed E-state index contributed by atoms with van der Waals surface area (Å²) in [5.41, 5.74) is 0.0866. The van der Waals surface area contributed by atoms with Gasteiger partial charge in [-0.05, 0) is 56.1 Å². The van der Waals surface area contributed by atoms with Crippen molar-refractivity contribution in [3.8, 4) is 11.5 Å². The second-order valence-electron chi connectivity index (χ2n) is 8.03. The largest absolute Gasteiger partial charge is 0.492 e. The summed E-state index contributed by atoms with van der Waals surface area (Å²) in [5, 5.41) is 11.7. The molecule has 7 heteroatoms. The first-order valence-electron chi connectivity index (χ1n) is 10.2. The highest BCUT2D eigenvalue weighted by Crippen LogP contribution is 2.20. The highest BCUT2D eigenvalue weighted by molar-refractivity contribution is 6.30. The van der Waals surface area contributed by atoms with Gasteiger partial charge in [-0.3, -0.25) is 4.90 Å². The zero-order valence-electron chi connectivity index (χ0n) is 17.7. The number of ether oxygens (including phenoxy) is 3. The molecular weight excluding hydrogens is 404 g/mol. The van der Waals surface area contributed by atoms with E-state index < -0.39 is 5.60 Å². The van der Waals surface area contributed by atoms with Crippen LogP contribution in [0.5, 0.6) is 11.5 Å². The number of hydrogen-bond donors (Lipinski definition) is 1. The van der Waals surface area contributed by atoms with Gasteiger partial charge in [-0.2, -0.15) is 0 Å². The van der Waals surface area contributed by atoms with Crippen molar-refractivity contribution in [2.75, 3.05) is 60.2 Å². The quantitative estimate of drug-likeness (QED) is 0.655. The molecule has 1 aliphatic heterocycles. The predicted molar refractivity (Wildman–Crippen MR) is 118 cm³/mol. The van der Waals surface area contributed by atoms with Crippen LogP contribution in [-0.2, 0) is 11.3 Å². The molecule has 1 N–H and O–H groups in total. The van der Waals surface area contributed by atoms with Crippen LogP contribution in [0.15, 0.2) is 48.5 Å². The molecule has 0 aliphatic carbocycles. The average Bonchev–Trinajstić information content (AvgIpc) is 2.90. The molecule has 1 saturated heterocycles. The Morgan fingerprint density at radius 1 is 1.07 bits per heavy atom. The molecule has 1 fully saturated rings. The van der Waals surface area contributed by atoms with Gasteiger partial charge in [0.15, 0.2) is 0 Å². The second kappa shape index (κ2) is 11.0. The number of halogens is 1. The minimum atomic E-state index is -1.08. The molecular formula is C23H31ClN2O4. The van der Waals surface area contributed by atoms with E-state index in [4.69, 9.17) is 25.8 Å². The van der Waals surface area contributed by atoms with Crippen LogP contribution in [0, 0.1) is 0 Å². The van der Waals surface area contributed by atoms with Gasteiger partial charge in [0.25, 0.3) is 0 Å². The maximum absolute atomic E-state index is 11.1. The van der Waals surface area contributed by atoms with Crippen LogP contribution in [0.2, 0.25) is 5.02 Å². The van der Waals surface area contributed by atoms with Crippen LogP contribution in [0.1, 0.15) is 5.56 Å². The third-order valence-electron chi connectivity index (χ3n) is 4.90. The first-order valence-corrected chi connectivity index (χ1v) is 10.6. The normalized spacial score (nSPS) is 20.2. The maximum atomic E-state index is 11.1. The molecule has 0 aromatic heterocycles. The standard InChI is InChI=1S/C23H31ClN2O4/c1-25(2)11-14-29-21-7-3-19(4-8-21)15-26-12-13-28-17-23(27,16-26)18-30-22-9-5-20(24)6-10-22/h3-10,27H,11-18H2,1-2H3/t23-/m1/s1. The molecule has 2 aromatic carbocycles. The van der Waals surface area contributed by atoms with Crippen LogP contribution >= 0.6 is 11.6 Å². The van der Waals surface area contributed by atoms with Crippen molar-refractivity contribution < 1.29 is 19.3 Å². The van der Waals surface area contributed by atoms with Gasteiger partial charge in [-0.1, -0.05) is 23.7 Å². The molecule has 0 saturated carbocycles. The first-order chi connectivity index (χ1) is 14.4. The number of β-amino-alcohol motifs (C(OH)–C–C–N with tert-alkyl or cyclic N) is 1. The Morgan fingerprint density at radius 2 is 1.73 bits per heavy atom. The number of nitrogens with zero attached hydrogens (tertiary/aromatic N) is 2. The van der Waals surface area contributed by atoms with Gasteiger partial charge in [0.05, 0.1) is 13.2 Å². The summed E-state index contributed by atoms with van der Waals surface area (Å²) in [6.45, 7) is 4.48. The summed E-state index contributed by atoms with van der Waals surface area (Å²) >= 11 is 5.91. The van der Waals surface area contributed by atoms with E-state index in [1.165, 1.54) is 0 Å². The fourth-order valence-corrected chi connectivity index (χ4v) is 3.39. The minimum Gasteiger partial charge on any atom is -0.492 e. The Hall–Kier alpha value is -1.83. The van der Waals surface area contributed by atoms with Crippen LogP contribution in [0.3, 0.4) is 0 Å². The molecule has 2 aromatic rings. The zero-order valence-corrected chi connectivity index (χ0v) is 18.5. The van der Waals surface area contributed by atoms with Gasteiger partial charge in [0.2, 0.25) is 0 Å². The lowest BCUT2D eigenvalue weighted by atomic mass is 10.1. The van der Waals surface area contributed by atoms with Gasteiger partial charge in [0, 0.05) is 31.2 Å². The average molecular weight is 435 g/mol. The molecule has 0 radical (unpaired) electrons. The van der Waals surface area contributed by atoms with E-state index in [1.807, 2.05) is 26.2 Å². The third kappa shape index (κ3) is 7.45. The zero-order chi connectivity index (χ0) is 21.4. The van der Waals surface area contributed by atoms with E-state index in [1.54, 1.807) is 24.3 Å². The summed E-state index contributed by atoms with van der Waals surface area (Å²) in [7, 11) is 4.05. The summed E-state index contributed by atoms with van der Waals surface area (Å²) in [5.74, 6) is 1.54. The van der Waals surface area contributed by atoms with Crippen molar-refractivity contribution in [3.63, 3.8) is 0 Å². The van der Waals surface area contributed by atoms with Crippen molar-refractivity contribution in [1.29, 1.82) is 0 Å². The highest BCUT2D eigenvalue weighted by atomic mass is 35.5. The molecule has 164 valence electrons. The summed E-state index contributed by atoms with van der Waals surface area (Å²) < 4.78 is 17.2. The lowest BCUT2D eigenvalue weighted by Crippen LogP contribution is -2.48. The Morgan fingerprint density at radius 3 is 2.43 bits per heavy atom. The van der Waals surface area contributed by atoms with E-state index in [2.05, 4.69) is 21.9 Å². The molecule has 1 heterocycles. The number of aliphatic hydroxyl groups is 1. The topological polar surface area (TPSA) is 54.4 Å². The monoisotopic (exact) mass is 434 g/mol. The number of likely N-dealkylation sites (N-methyl/N-ethyl adjacent to an activating group) is 1. The predicted octanol–water partition coefficient (Wildman–Crippen LogP) is 2.92. The summed E-state index contributed by atoms with van der Waals surface area (Å²) in [4.78, 5) is 4.29. The van der Waals surface area contributed by atoms with E-state index in [-0.39, 0.29) is 13.2 Å². The lowest BCUT2D eigenvalue weighted by Gasteiger charge is -2.30. The Kier molecular flexibility index (Phi) is 8.36. The van der Waals surface area contributed by atoms with Crippen LogP contribution < -0.4 is 9.47 Å². The Bertz CT molecular complexity index is 770. The van der Waals surface area contributed by atoms with Gasteiger partial charge < -0.3 is 24.2 Å². The van der Waals surface area contributed by atoms with Gasteiger partial charge in [-0.15, -0.1) is 0 Å². The van der Waals surface area contributed by atoms with Crippen molar-refractivity contribution in [1.82, 2.24) is 9.80 Å². The van der Waals surface area contributed by atoms with E-state index in [9.17, 15) is 5.11 Å². The molecule has 0 spiro atoms. The van der Waals surface area contributed by atoms with Crippen LogP contribution in [0.25, 0.3) is 0 Å². The molecule has 6 nitrogen and oxygen atoms in total. The number of benzene rings is 2. The Balaban J connectivity index is 1.53. The number of rotatable bonds is 9. The first kappa shape index (κ1) is 22.8. The molecule has 30 heavy (non-hydrogen) atoms. The molecule has 1 atom stereocenters. The van der Waals surface area contributed by atoms with Gasteiger partial charge >= 0.3 is 0 Å². The van der Waals surface area contributed by atoms with Crippen molar-refractivity contribution in [2.24, 2.45) is 0 Å². The molecule has 1 aliphatic rings. The fourth-order valence-electron chi connectivity index (χ4n) is 3.26. The SMILES string of the molecule is CN(C)CCOc1ccc(CN2CCOC[C@@](O)(COc3ccc(Cl)cc3)C2)cc1. The van der Waals surface area contributed by atoms with E-state index in [0.717, 1.165) is 30.9 Å². The van der Waals surface area contributed by atoms with Gasteiger partial charge in [0.1, 0.15) is 30.3 Å². The van der Waals surface area contributed by atoms with Crippen molar-refractivity contribution >= 4 is 11.6 Å². The minimum absolute atomic E-state index is 0.157. The van der Waals surface area contributed by atoms with Crippen LogP contribution in [-0.4, -0.2) is 80.7 Å². The molecule has 0 amide bonds. The molecule has 3 rings (SSSR count). The van der Waals surface area contributed by atoms with E-state index in [0.29, 0.717) is 30.5 Å². The second-order valence-corrected chi connectivity index (χ2v) is 8.46. The number of hydrogen-bond acceptors (Lipinski definition) is 6. The summed E-state index contributed by atoms with van der Waals surface area (Å²) in [6.07, 6.45) is 0. The molecule has 0 unspecified atom stereocenters. The summed E-state index contributed by atoms with van der Waals surface area (Å²) in [6, 6.07) is 15.3. The third-order valence-corrected chi connectivity index (χ3v) is 5.15.